The fourth-order valence-electron chi connectivity index (χ4n) is 3.87. The van der Waals surface area contributed by atoms with Gasteiger partial charge in [-0.15, -0.1) is 0 Å². The lowest BCUT2D eigenvalue weighted by Gasteiger charge is -2.45. The first-order valence-electron chi connectivity index (χ1n) is 11.9. The predicted octanol–water partition coefficient (Wildman–Crippen LogP) is -0.138. The van der Waals surface area contributed by atoms with Crippen molar-refractivity contribution in [2.75, 3.05) is 13.2 Å². The largest absolute Gasteiger partial charge is 0.491 e. The molecule has 15 heteroatoms. The number of hydrogen-bond donors (Lipinski definition) is 0. The quantitative estimate of drug-likeness (QED) is 0.254. The molecule has 0 amide bonds. The highest BCUT2D eigenvalue weighted by Crippen LogP contribution is 2.32. The lowest BCUT2D eigenvalue weighted by molar-refractivity contribution is -0.321. The molecule has 2 aliphatic heterocycles. The minimum Gasteiger partial charge on any atom is -0.491 e. The van der Waals surface area contributed by atoms with Gasteiger partial charge in [0, 0.05) is 41.5 Å². The van der Waals surface area contributed by atoms with Gasteiger partial charge >= 0.3 is 35.8 Å². The molecule has 0 aromatic heterocycles. The van der Waals surface area contributed by atoms with Crippen molar-refractivity contribution in [3.05, 3.63) is 12.3 Å². The molecule has 0 aliphatic carbocycles. The Morgan fingerprint density at radius 1 is 0.590 bits per heavy atom. The molecular formula is C24H32O15. The summed E-state index contributed by atoms with van der Waals surface area (Å²) < 4.78 is 48.8. The standard InChI is InChI=1S/C24H32O15/c1-11(25)32-9-18-20(34-13(3)27)17(7-8-31-18)38-24-23(37-16(6)30)22(36-15(5)29)21(35-14(4)28)19(39-24)10-33-12(2)26/h7-8,17-24H,9-10H2,1-6H3/t17-,18-,19-,20+,21+,22+,23-,24-/m1/s1. The molecule has 0 unspecified atom stereocenters. The fourth-order valence-corrected chi connectivity index (χ4v) is 3.87. The van der Waals surface area contributed by atoms with Crippen molar-refractivity contribution in [1.29, 1.82) is 0 Å². The summed E-state index contributed by atoms with van der Waals surface area (Å²) in [7, 11) is 0. The molecule has 15 nitrogen and oxygen atoms in total. The number of rotatable bonds is 10. The molecule has 0 spiro atoms. The maximum atomic E-state index is 12.0. The zero-order valence-electron chi connectivity index (χ0n) is 22.3. The molecular weight excluding hydrogens is 528 g/mol. The van der Waals surface area contributed by atoms with Gasteiger partial charge in [0.1, 0.15) is 25.4 Å². The van der Waals surface area contributed by atoms with Crippen LogP contribution in [0.5, 0.6) is 0 Å². The van der Waals surface area contributed by atoms with Crippen LogP contribution in [0.15, 0.2) is 12.3 Å². The van der Waals surface area contributed by atoms with E-state index < -0.39 is 91.4 Å². The van der Waals surface area contributed by atoms with Gasteiger partial charge in [0.15, 0.2) is 36.8 Å². The van der Waals surface area contributed by atoms with Crippen LogP contribution >= 0.6 is 0 Å². The van der Waals surface area contributed by atoms with E-state index in [1.807, 2.05) is 0 Å². The Balaban J connectivity index is 2.47. The average molecular weight is 561 g/mol. The highest BCUT2D eigenvalue weighted by Gasteiger charge is 2.54. The van der Waals surface area contributed by atoms with Crippen LogP contribution in [0, 0.1) is 0 Å². The summed E-state index contributed by atoms with van der Waals surface area (Å²) in [5, 5.41) is 0. The lowest BCUT2D eigenvalue weighted by atomic mass is 9.97. The van der Waals surface area contributed by atoms with Crippen molar-refractivity contribution in [2.45, 2.75) is 90.6 Å². The Hall–Kier alpha value is -3.72. The molecule has 39 heavy (non-hydrogen) atoms. The van der Waals surface area contributed by atoms with Crippen LogP contribution in [-0.4, -0.2) is 98.0 Å². The smallest absolute Gasteiger partial charge is 0.303 e. The number of esters is 6. The molecule has 0 aromatic rings. The van der Waals surface area contributed by atoms with Gasteiger partial charge in [-0.2, -0.15) is 0 Å². The second-order valence-corrected chi connectivity index (χ2v) is 8.55. The molecule has 2 heterocycles. The Morgan fingerprint density at radius 3 is 1.56 bits per heavy atom. The summed E-state index contributed by atoms with van der Waals surface area (Å²) in [6.45, 7) is 5.98. The van der Waals surface area contributed by atoms with E-state index in [0.29, 0.717) is 0 Å². The van der Waals surface area contributed by atoms with Gasteiger partial charge in [0.25, 0.3) is 0 Å². The first-order chi connectivity index (χ1) is 18.3. The minimum absolute atomic E-state index is 0.296. The third-order valence-electron chi connectivity index (χ3n) is 5.20. The van der Waals surface area contributed by atoms with Crippen molar-refractivity contribution < 1.29 is 71.4 Å². The summed E-state index contributed by atoms with van der Waals surface area (Å²) in [4.78, 5) is 70.5. The van der Waals surface area contributed by atoms with E-state index in [9.17, 15) is 28.8 Å². The molecule has 8 atom stereocenters. The maximum Gasteiger partial charge on any atom is 0.303 e. The van der Waals surface area contributed by atoms with Crippen LogP contribution in [0.2, 0.25) is 0 Å². The highest BCUT2D eigenvalue weighted by molar-refractivity contribution is 5.69. The van der Waals surface area contributed by atoms with Gasteiger partial charge < -0.3 is 42.6 Å². The Labute approximate surface area is 223 Å². The molecule has 1 fully saturated rings. The normalized spacial score (nSPS) is 29.7. The molecule has 2 rings (SSSR count). The van der Waals surface area contributed by atoms with Crippen LogP contribution in [0.25, 0.3) is 0 Å². The predicted molar refractivity (Wildman–Crippen MR) is 123 cm³/mol. The Bertz CT molecular complexity index is 959. The van der Waals surface area contributed by atoms with Crippen molar-refractivity contribution in [1.82, 2.24) is 0 Å². The van der Waals surface area contributed by atoms with E-state index in [2.05, 4.69) is 0 Å². The molecule has 0 aromatic carbocycles. The average Bonchev–Trinajstić information content (AvgIpc) is 2.80. The zero-order valence-corrected chi connectivity index (χ0v) is 22.3. The molecule has 0 saturated carbocycles. The van der Waals surface area contributed by atoms with Gasteiger partial charge in [-0.1, -0.05) is 0 Å². The van der Waals surface area contributed by atoms with Crippen LogP contribution in [0.1, 0.15) is 41.5 Å². The molecule has 0 radical (unpaired) electrons. The summed E-state index contributed by atoms with van der Waals surface area (Å²) in [5.74, 6) is -4.41. The van der Waals surface area contributed by atoms with Crippen molar-refractivity contribution in [2.24, 2.45) is 0 Å². The zero-order chi connectivity index (χ0) is 29.3. The van der Waals surface area contributed by atoms with Gasteiger partial charge in [-0.05, 0) is 6.08 Å². The molecule has 218 valence electrons. The second kappa shape index (κ2) is 14.4. The first-order valence-corrected chi connectivity index (χ1v) is 11.9. The number of ether oxygens (including phenoxy) is 9. The summed E-state index contributed by atoms with van der Waals surface area (Å²) >= 11 is 0. The SMILES string of the molecule is CC(=O)OC[C@H]1O[C@@H](O[C@@H]2C=CO[C@H](COC(C)=O)[C@H]2OC(C)=O)[C@H](OC(C)=O)[C@@H](OC(C)=O)[C@H]1OC(C)=O. The van der Waals surface area contributed by atoms with Crippen molar-refractivity contribution >= 4 is 35.8 Å². The van der Waals surface area contributed by atoms with E-state index in [1.165, 1.54) is 19.3 Å². The highest BCUT2D eigenvalue weighted by atomic mass is 16.7. The van der Waals surface area contributed by atoms with Crippen molar-refractivity contribution in [3.8, 4) is 0 Å². The van der Waals surface area contributed by atoms with E-state index in [4.69, 9.17) is 42.6 Å². The van der Waals surface area contributed by atoms with Gasteiger partial charge in [0.05, 0.1) is 6.26 Å². The summed E-state index contributed by atoms with van der Waals surface area (Å²) in [6.07, 6.45) is -7.79. The van der Waals surface area contributed by atoms with Crippen LogP contribution in [0.3, 0.4) is 0 Å². The van der Waals surface area contributed by atoms with E-state index in [0.717, 1.165) is 34.6 Å². The van der Waals surface area contributed by atoms with Crippen LogP contribution in [-0.2, 0) is 71.4 Å². The third-order valence-corrected chi connectivity index (χ3v) is 5.20. The fraction of sp³-hybridized carbons (Fsp3) is 0.667. The lowest BCUT2D eigenvalue weighted by Crippen LogP contribution is -2.64. The molecule has 1 saturated heterocycles. The monoisotopic (exact) mass is 560 g/mol. The van der Waals surface area contributed by atoms with E-state index in [-0.39, 0.29) is 6.61 Å². The van der Waals surface area contributed by atoms with Gasteiger partial charge in [-0.25, -0.2) is 0 Å². The Kier molecular flexibility index (Phi) is 11.7. The van der Waals surface area contributed by atoms with Gasteiger partial charge in [0.2, 0.25) is 0 Å². The minimum atomic E-state index is -1.54. The number of hydrogen-bond acceptors (Lipinski definition) is 15. The number of carbonyl (C=O) groups is 6. The van der Waals surface area contributed by atoms with E-state index >= 15 is 0 Å². The first kappa shape index (κ1) is 31.5. The topological polar surface area (TPSA) is 185 Å². The molecule has 0 N–H and O–H groups in total. The summed E-state index contributed by atoms with van der Waals surface area (Å²) in [5.41, 5.74) is 0. The maximum absolute atomic E-state index is 12.0. The van der Waals surface area contributed by atoms with Crippen LogP contribution < -0.4 is 0 Å². The molecule has 2 aliphatic rings. The van der Waals surface area contributed by atoms with Crippen LogP contribution in [0.4, 0.5) is 0 Å². The van der Waals surface area contributed by atoms with Gasteiger partial charge in [-0.3, -0.25) is 28.8 Å². The Morgan fingerprint density at radius 2 is 1.05 bits per heavy atom. The second-order valence-electron chi connectivity index (χ2n) is 8.55. The number of carbonyl (C=O) groups excluding carboxylic acids is 6. The van der Waals surface area contributed by atoms with Crippen molar-refractivity contribution in [3.63, 3.8) is 0 Å². The molecule has 0 bridgehead atoms. The summed E-state index contributed by atoms with van der Waals surface area (Å²) in [6, 6.07) is 0. The third kappa shape index (κ3) is 9.83. The van der Waals surface area contributed by atoms with E-state index in [1.54, 1.807) is 0 Å².